The molecule has 6 nitrogen and oxygen atoms in total. The molecule has 0 rings (SSSR count). The van der Waals surface area contributed by atoms with E-state index in [1.54, 1.807) is 0 Å². The van der Waals surface area contributed by atoms with E-state index in [1.807, 2.05) is 0 Å². The summed E-state index contributed by atoms with van der Waals surface area (Å²) in [4.78, 5) is 19.9. The van der Waals surface area contributed by atoms with E-state index in [0.29, 0.717) is 12.6 Å². The van der Waals surface area contributed by atoms with Gasteiger partial charge >= 0.3 is 7.82 Å². The van der Waals surface area contributed by atoms with E-state index < -0.39 is 21.0 Å². The van der Waals surface area contributed by atoms with E-state index in [2.05, 4.69) is 13.6 Å². The summed E-state index contributed by atoms with van der Waals surface area (Å²) in [5.41, 5.74) is 0. The van der Waals surface area contributed by atoms with Crippen molar-refractivity contribution in [2.45, 2.75) is 0 Å². The van der Waals surface area contributed by atoms with Gasteiger partial charge in [-0.3, -0.25) is 13.6 Å². The lowest BCUT2D eigenvalue weighted by Gasteiger charge is -2.14. The van der Waals surface area contributed by atoms with Gasteiger partial charge in [0.15, 0.2) is 0 Å². The Balaban J connectivity index is 4.09. The van der Waals surface area contributed by atoms with Crippen molar-refractivity contribution in [1.82, 2.24) is 0 Å². The average molecular weight is 245 g/mol. The predicted molar refractivity (Wildman–Crippen MR) is 48.3 cm³/mol. The molecule has 0 atom stereocenters. The first-order valence-corrected chi connectivity index (χ1v) is 5.65. The Morgan fingerprint density at radius 2 is 1.57 bits per heavy atom. The fraction of sp³-hybridized carbons (Fsp3) is 0.667. The predicted octanol–water partition coefficient (Wildman–Crippen LogP) is 0.781. The third-order valence-electron chi connectivity index (χ3n) is 0.928. The molecule has 82 valence electrons. The number of carbonyl (C=O) groups excluding carboxylic acids is 2. The second-order valence-electron chi connectivity index (χ2n) is 1.89. The van der Waals surface area contributed by atoms with E-state index >= 15 is 0 Å². The quantitative estimate of drug-likeness (QED) is 0.339. The molecule has 8 heteroatoms. The molecule has 0 aliphatic carbocycles. The molecule has 0 fully saturated rings. The third kappa shape index (κ3) is 6.23. The van der Waals surface area contributed by atoms with Crippen molar-refractivity contribution < 1.29 is 27.7 Å². The number of hydrogen-bond donors (Lipinski definition) is 0. The first-order chi connectivity index (χ1) is 6.68. The van der Waals surface area contributed by atoms with Gasteiger partial charge in [0.1, 0.15) is 25.8 Å². The monoisotopic (exact) mass is 244 g/mol. The molecule has 0 aromatic rings. The van der Waals surface area contributed by atoms with Gasteiger partial charge in [-0.05, 0) is 0 Å². The van der Waals surface area contributed by atoms with Crippen LogP contribution in [0.25, 0.3) is 0 Å². The Morgan fingerprint density at radius 3 is 1.93 bits per heavy atom. The fourth-order valence-corrected chi connectivity index (χ4v) is 1.71. The zero-order valence-corrected chi connectivity index (χ0v) is 8.91. The standard InChI is InChI=1S/C6H10ClO6P/c7-1-4-11-14(10,12-5-2-8)13-6-3-9/h2-3H,1,4-6H2. The Morgan fingerprint density at radius 1 is 1.07 bits per heavy atom. The largest absolute Gasteiger partial charge is 0.475 e. The van der Waals surface area contributed by atoms with Crippen LogP contribution in [0.5, 0.6) is 0 Å². The zero-order valence-electron chi connectivity index (χ0n) is 7.26. The number of halogens is 1. The maximum atomic E-state index is 11.4. The van der Waals surface area contributed by atoms with Crippen LogP contribution >= 0.6 is 19.4 Å². The molecule has 0 heterocycles. The van der Waals surface area contributed by atoms with Crippen LogP contribution in [0.1, 0.15) is 0 Å². The summed E-state index contributed by atoms with van der Waals surface area (Å²) in [5.74, 6) is 0.0961. The Bertz CT molecular complexity index is 204. The highest BCUT2D eigenvalue weighted by Crippen LogP contribution is 2.48. The average Bonchev–Trinajstić information content (AvgIpc) is 2.21. The summed E-state index contributed by atoms with van der Waals surface area (Å²) in [7, 11) is -3.82. The molecule has 0 amide bonds. The van der Waals surface area contributed by atoms with Crippen LogP contribution in [0.4, 0.5) is 0 Å². The molecule has 0 saturated heterocycles. The Labute approximate surface area is 86.1 Å². The van der Waals surface area contributed by atoms with Gasteiger partial charge in [-0.2, -0.15) is 0 Å². The van der Waals surface area contributed by atoms with E-state index in [1.165, 1.54) is 0 Å². The highest BCUT2D eigenvalue weighted by Gasteiger charge is 2.25. The van der Waals surface area contributed by atoms with Crippen molar-refractivity contribution in [2.24, 2.45) is 0 Å². The summed E-state index contributed by atoms with van der Waals surface area (Å²) >= 11 is 5.28. The second kappa shape index (κ2) is 8.08. The molecule has 0 spiro atoms. The number of carbonyl (C=O) groups is 2. The van der Waals surface area contributed by atoms with Crippen molar-refractivity contribution >= 4 is 32.0 Å². The number of rotatable bonds is 9. The van der Waals surface area contributed by atoms with Gasteiger partial charge < -0.3 is 9.59 Å². The van der Waals surface area contributed by atoms with Gasteiger partial charge in [0, 0.05) is 5.88 Å². The molecule has 0 aromatic heterocycles. The van der Waals surface area contributed by atoms with Crippen LogP contribution in [0.15, 0.2) is 0 Å². The van der Waals surface area contributed by atoms with Gasteiger partial charge in [-0.15, -0.1) is 11.6 Å². The van der Waals surface area contributed by atoms with Crippen molar-refractivity contribution in [1.29, 1.82) is 0 Å². The lowest BCUT2D eigenvalue weighted by atomic mass is 10.9. The van der Waals surface area contributed by atoms with Crippen LogP contribution in [-0.4, -0.2) is 38.3 Å². The molecular weight excluding hydrogens is 234 g/mol. The fourth-order valence-electron chi connectivity index (χ4n) is 0.502. The van der Waals surface area contributed by atoms with E-state index in [0.717, 1.165) is 0 Å². The van der Waals surface area contributed by atoms with E-state index in [9.17, 15) is 14.2 Å². The summed E-state index contributed by atoms with van der Waals surface area (Å²) in [6, 6.07) is 0. The van der Waals surface area contributed by atoms with Crippen LogP contribution < -0.4 is 0 Å². The van der Waals surface area contributed by atoms with E-state index in [-0.39, 0.29) is 12.5 Å². The maximum Gasteiger partial charge on any atom is 0.475 e. The molecule has 0 saturated carbocycles. The lowest BCUT2D eigenvalue weighted by molar-refractivity contribution is -0.110. The highest BCUT2D eigenvalue weighted by atomic mass is 35.5. The van der Waals surface area contributed by atoms with Gasteiger partial charge in [0.2, 0.25) is 0 Å². The van der Waals surface area contributed by atoms with Crippen LogP contribution in [0, 0.1) is 0 Å². The lowest BCUT2D eigenvalue weighted by Crippen LogP contribution is -2.05. The molecule has 0 unspecified atom stereocenters. The van der Waals surface area contributed by atoms with Crippen molar-refractivity contribution in [3.8, 4) is 0 Å². The summed E-state index contributed by atoms with van der Waals surface area (Å²) in [5, 5.41) is 0. The molecule has 14 heavy (non-hydrogen) atoms. The van der Waals surface area contributed by atoms with Crippen molar-refractivity contribution in [2.75, 3.05) is 25.7 Å². The minimum atomic E-state index is -3.82. The highest BCUT2D eigenvalue weighted by molar-refractivity contribution is 7.48. The third-order valence-corrected chi connectivity index (χ3v) is 2.51. The van der Waals surface area contributed by atoms with Crippen LogP contribution in [0.2, 0.25) is 0 Å². The molecule has 0 aromatic carbocycles. The summed E-state index contributed by atoms with van der Waals surface area (Å²) < 4.78 is 25.1. The molecule has 0 radical (unpaired) electrons. The minimum Gasteiger partial charge on any atom is -0.301 e. The van der Waals surface area contributed by atoms with Gasteiger partial charge in [-0.1, -0.05) is 0 Å². The number of aldehydes is 2. The smallest absolute Gasteiger partial charge is 0.301 e. The summed E-state index contributed by atoms with van der Waals surface area (Å²) in [6.07, 6.45) is 0.780. The molecule has 0 aliphatic heterocycles. The van der Waals surface area contributed by atoms with Crippen molar-refractivity contribution in [3.05, 3.63) is 0 Å². The molecule has 0 N–H and O–H groups in total. The van der Waals surface area contributed by atoms with Gasteiger partial charge in [0.25, 0.3) is 0 Å². The second-order valence-corrected chi connectivity index (χ2v) is 3.94. The minimum absolute atomic E-state index is 0.0590. The van der Waals surface area contributed by atoms with Crippen molar-refractivity contribution in [3.63, 3.8) is 0 Å². The van der Waals surface area contributed by atoms with Crippen LogP contribution in [0.3, 0.4) is 0 Å². The van der Waals surface area contributed by atoms with E-state index in [4.69, 9.17) is 11.6 Å². The van der Waals surface area contributed by atoms with Gasteiger partial charge in [-0.25, -0.2) is 4.57 Å². The topological polar surface area (TPSA) is 78.9 Å². The molecule has 0 bridgehead atoms. The first-order valence-electron chi connectivity index (χ1n) is 3.65. The zero-order chi connectivity index (χ0) is 10.9. The first kappa shape index (κ1) is 13.7. The van der Waals surface area contributed by atoms with Gasteiger partial charge in [0.05, 0.1) is 6.61 Å². The SMILES string of the molecule is O=CCOP(=O)(OCC=O)OCCCl. The Kier molecular flexibility index (Phi) is 7.93. The molecule has 0 aliphatic rings. The number of alkyl halides is 1. The Hall–Kier alpha value is -0.260. The normalized spacial score (nSPS) is 11.2. The number of phosphoric ester groups is 1. The maximum absolute atomic E-state index is 11.4. The van der Waals surface area contributed by atoms with Crippen LogP contribution in [-0.2, 0) is 27.7 Å². The number of phosphoric acid groups is 1. The molecular formula is C6H10ClO6P. The summed E-state index contributed by atoms with van der Waals surface area (Å²) in [6.45, 7) is -0.923. The number of hydrogen-bond acceptors (Lipinski definition) is 6.